The van der Waals surface area contributed by atoms with Crippen LogP contribution in [0.5, 0.6) is 0 Å². The first kappa shape index (κ1) is 19.5. The van der Waals surface area contributed by atoms with E-state index < -0.39 is 9.84 Å². The number of hydrogen-bond donors (Lipinski definition) is 1. The van der Waals surface area contributed by atoms with Crippen LogP contribution in [0.1, 0.15) is 6.42 Å². The highest BCUT2D eigenvalue weighted by atomic mass is 35.5. The number of carbonyl (C=O) groups excluding carboxylic acids is 1. The maximum Gasteiger partial charge on any atom is 0.321 e. The van der Waals surface area contributed by atoms with E-state index in [0.717, 1.165) is 18.7 Å². The van der Waals surface area contributed by atoms with Gasteiger partial charge in [-0.15, -0.1) is 0 Å². The molecular weight excluding hydrogens is 386 g/mol. The Kier molecular flexibility index (Phi) is 5.92. The Morgan fingerprint density at radius 3 is 2.44 bits per heavy atom. The van der Waals surface area contributed by atoms with Crippen LogP contribution in [-0.2, 0) is 9.84 Å². The van der Waals surface area contributed by atoms with Crippen LogP contribution in [0.25, 0.3) is 0 Å². The molecule has 0 radical (unpaired) electrons. The molecule has 1 heterocycles. The monoisotopic (exact) mass is 407 g/mol. The van der Waals surface area contributed by atoms with Crippen LogP contribution in [0.3, 0.4) is 0 Å². The summed E-state index contributed by atoms with van der Waals surface area (Å²) in [7, 11) is -3.20. The van der Waals surface area contributed by atoms with E-state index in [1.165, 1.54) is 6.26 Å². The van der Waals surface area contributed by atoms with Gasteiger partial charge in [-0.1, -0.05) is 17.7 Å². The minimum Gasteiger partial charge on any atom is -0.370 e. The third kappa shape index (κ3) is 5.14. The minimum absolute atomic E-state index is 0.147. The van der Waals surface area contributed by atoms with Crippen LogP contribution in [0.2, 0.25) is 5.02 Å². The lowest BCUT2D eigenvalue weighted by atomic mass is 10.2. The van der Waals surface area contributed by atoms with Gasteiger partial charge >= 0.3 is 6.03 Å². The maximum absolute atomic E-state index is 12.5. The van der Waals surface area contributed by atoms with Crippen molar-refractivity contribution in [1.29, 1.82) is 0 Å². The third-order valence-corrected chi connectivity index (χ3v) is 5.85. The molecule has 6 nitrogen and oxygen atoms in total. The zero-order valence-electron chi connectivity index (χ0n) is 15.1. The summed E-state index contributed by atoms with van der Waals surface area (Å²) in [5.74, 6) is 0. The molecule has 0 unspecified atom stereocenters. The summed E-state index contributed by atoms with van der Waals surface area (Å²) in [5.41, 5.74) is 1.63. The van der Waals surface area contributed by atoms with Crippen LogP contribution >= 0.6 is 11.6 Å². The molecule has 3 rings (SSSR count). The molecule has 2 amide bonds. The molecular formula is C19H22ClN3O3S. The van der Waals surface area contributed by atoms with Gasteiger partial charge in [-0.2, -0.15) is 0 Å². The van der Waals surface area contributed by atoms with E-state index in [9.17, 15) is 13.2 Å². The van der Waals surface area contributed by atoms with Gasteiger partial charge in [0.1, 0.15) is 0 Å². The number of hydrogen-bond acceptors (Lipinski definition) is 4. The first-order chi connectivity index (χ1) is 12.8. The molecule has 1 aliphatic heterocycles. The summed E-state index contributed by atoms with van der Waals surface area (Å²) >= 11 is 5.96. The fraction of sp³-hybridized carbons (Fsp3) is 0.316. The van der Waals surface area contributed by atoms with Crippen LogP contribution < -0.4 is 10.2 Å². The molecule has 0 aliphatic carbocycles. The van der Waals surface area contributed by atoms with Gasteiger partial charge in [0.2, 0.25) is 0 Å². The van der Waals surface area contributed by atoms with Gasteiger partial charge in [-0.25, -0.2) is 13.2 Å². The number of sulfone groups is 1. The molecule has 1 saturated heterocycles. The van der Waals surface area contributed by atoms with E-state index in [-0.39, 0.29) is 6.03 Å². The van der Waals surface area contributed by atoms with Gasteiger partial charge in [0.05, 0.1) is 4.90 Å². The molecule has 27 heavy (non-hydrogen) atoms. The summed E-state index contributed by atoms with van der Waals surface area (Å²) < 4.78 is 23.2. The highest BCUT2D eigenvalue weighted by Gasteiger charge is 2.20. The maximum atomic E-state index is 12.5. The van der Waals surface area contributed by atoms with Crippen molar-refractivity contribution in [2.24, 2.45) is 0 Å². The number of nitrogens with zero attached hydrogens (tertiary/aromatic N) is 2. The molecule has 8 heteroatoms. The van der Waals surface area contributed by atoms with Crippen molar-refractivity contribution >= 4 is 38.8 Å². The largest absolute Gasteiger partial charge is 0.370 e. The van der Waals surface area contributed by atoms with Crippen LogP contribution in [0.15, 0.2) is 53.4 Å². The van der Waals surface area contributed by atoms with Crippen molar-refractivity contribution < 1.29 is 13.2 Å². The second kappa shape index (κ2) is 8.19. The van der Waals surface area contributed by atoms with Crippen LogP contribution in [0, 0.1) is 0 Å². The van der Waals surface area contributed by atoms with Crippen LogP contribution in [-0.4, -0.2) is 51.8 Å². The van der Waals surface area contributed by atoms with Crippen molar-refractivity contribution in [3.63, 3.8) is 0 Å². The topological polar surface area (TPSA) is 69.7 Å². The first-order valence-electron chi connectivity index (χ1n) is 8.69. The van der Waals surface area contributed by atoms with Gasteiger partial charge in [-0.3, -0.25) is 0 Å². The summed E-state index contributed by atoms with van der Waals surface area (Å²) in [4.78, 5) is 16.8. The van der Waals surface area contributed by atoms with E-state index in [1.54, 1.807) is 41.3 Å². The number of nitrogens with one attached hydrogen (secondary N) is 1. The van der Waals surface area contributed by atoms with Gasteiger partial charge in [0, 0.05) is 48.8 Å². The van der Waals surface area contributed by atoms with E-state index in [0.29, 0.717) is 35.2 Å². The number of halogens is 1. The quantitative estimate of drug-likeness (QED) is 0.845. The smallest absolute Gasteiger partial charge is 0.321 e. The zero-order chi connectivity index (χ0) is 19.4. The third-order valence-electron chi connectivity index (χ3n) is 4.49. The standard InChI is InChI=1S/C19H22ClN3O3S/c1-27(25,26)18-8-6-17(7-9-18)22-10-3-11-23(13-12-22)19(24)21-16-5-2-4-15(20)14-16/h2,4-9,14H,3,10-13H2,1H3,(H,21,24). The molecule has 2 aromatic rings. The SMILES string of the molecule is CS(=O)(=O)c1ccc(N2CCCN(C(=O)Nc3cccc(Cl)c3)CC2)cc1. The number of rotatable bonds is 3. The number of amides is 2. The van der Waals surface area contributed by atoms with Crippen molar-refractivity contribution in [3.05, 3.63) is 53.6 Å². The Morgan fingerprint density at radius 1 is 1.04 bits per heavy atom. The molecule has 1 aliphatic rings. The van der Waals surface area contributed by atoms with Crippen molar-refractivity contribution in [3.8, 4) is 0 Å². The average molecular weight is 408 g/mol. The number of urea groups is 1. The van der Waals surface area contributed by atoms with Gasteiger partial charge in [0.25, 0.3) is 0 Å². The zero-order valence-corrected chi connectivity index (χ0v) is 16.6. The molecule has 0 saturated carbocycles. The molecule has 0 aromatic heterocycles. The van der Waals surface area contributed by atoms with Crippen molar-refractivity contribution in [2.75, 3.05) is 42.7 Å². The first-order valence-corrected chi connectivity index (χ1v) is 11.0. The van der Waals surface area contributed by atoms with Crippen LogP contribution in [0.4, 0.5) is 16.2 Å². The second-order valence-electron chi connectivity index (χ2n) is 6.53. The second-order valence-corrected chi connectivity index (χ2v) is 8.99. The lowest BCUT2D eigenvalue weighted by molar-refractivity contribution is 0.215. The highest BCUT2D eigenvalue weighted by Crippen LogP contribution is 2.20. The number of anilines is 2. The number of carbonyl (C=O) groups is 1. The van der Waals surface area contributed by atoms with Gasteiger partial charge in [0.15, 0.2) is 9.84 Å². The normalized spacial score (nSPS) is 15.3. The molecule has 2 aromatic carbocycles. The van der Waals surface area contributed by atoms with Gasteiger partial charge in [-0.05, 0) is 48.9 Å². The lowest BCUT2D eigenvalue weighted by Gasteiger charge is -2.24. The molecule has 0 atom stereocenters. The Bertz CT molecular complexity index is 916. The predicted octanol–water partition coefficient (Wildman–Crippen LogP) is 3.49. The summed E-state index contributed by atoms with van der Waals surface area (Å²) in [6.45, 7) is 2.73. The fourth-order valence-electron chi connectivity index (χ4n) is 3.05. The minimum atomic E-state index is -3.20. The summed E-state index contributed by atoms with van der Waals surface area (Å²) in [6.07, 6.45) is 2.03. The summed E-state index contributed by atoms with van der Waals surface area (Å²) in [5, 5.41) is 3.45. The lowest BCUT2D eigenvalue weighted by Crippen LogP contribution is -2.38. The Labute approximate surface area is 164 Å². The summed E-state index contributed by atoms with van der Waals surface area (Å²) in [6, 6.07) is 13.8. The molecule has 0 bridgehead atoms. The van der Waals surface area contributed by atoms with Gasteiger partial charge < -0.3 is 15.1 Å². The van der Waals surface area contributed by atoms with Crippen molar-refractivity contribution in [1.82, 2.24) is 4.90 Å². The Morgan fingerprint density at radius 2 is 1.78 bits per heavy atom. The Hall–Kier alpha value is -2.25. The average Bonchev–Trinajstić information content (AvgIpc) is 2.87. The fourth-order valence-corrected chi connectivity index (χ4v) is 3.87. The Balaban J connectivity index is 1.62. The number of benzene rings is 2. The van der Waals surface area contributed by atoms with Crippen molar-refractivity contribution in [2.45, 2.75) is 11.3 Å². The molecule has 1 N–H and O–H groups in total. The molecule has 0 spiro atoms. The molecule has 144 valence electrons. The van der Waals surface area contributed by atoms with E-state index >= 15 is 0 Å². The van der Waals surface area contributed by atoms with E-state index in [2.05, 4.69) is 10.2 Å². The highest BCUT2D eigenvalue weighted by molar-refractivity contribution is 7.90. The van der Waals surface area contributed by atoms with E-state index in [4.69, 9.17) is 11.6 Å². The predicted molar refractivity (Wildman–Crippen MR) is 108 cm³/mol. The molecule has 1 fully saturated rings. The van der Waals surface area contributed by atoms with E-state index in [1.807, 2.05) is 12.1 Å².